The van der Waals surface area contributed by atoms with E-state index in [-0.39, 0.29) is 11.6 Å². The molecule has 116 valence electrons. The van der Waals surface area contributed by atoms with Gasteiger partial charge in [-0.15, -0.1) is 0 Å². The smallest absolute Gasteiger partial charge is 0.255 e. The molecule has 0 spiro atoms. The zero-order valence-electron chi connectivity index (χ0n) is 12.7. The highest BCUT2D eigenvalue weighted by Crippen LogP contribution is 2.17. The number of aromatic nitrogens is 1. The molecule has 2 unspecified atom stereocenters. The Morgan fingerprint density at radius 3 is 2.59 bits per heavy atom. The standard InChI is InChI=1S/C18H23N3O/c19-16-5-1-2-6-17(16)20-13-14-8-10-15(11-9-14)21-12-4-3-7-18(21)22/h3-4,7-12,16-17,20H,1-2,5-6,13,19H2. The molecule has 1 aromatic carbocycles. The molecule has 4 heteroatoms. The normalized spacial score (nSPS) is 21.7. The fourth-order valence-corrected chi connectivity index (χ4v) is 3.08. The van der Waals surface area contributed by atoms with Crippen molar-refractivity contribution in [3.63, 3.8) is 0 Å². The summed E-state index contributed by atoms with van der Waals surface area (Å²) >= 11 is 0. The molecule has 1 aliphatic carbocycles. The maximum Gasteiger partial charge on any atom is 0.255 e. The minimum atomic E-state index is -0.0124. The summed E-state index contributed by atoms with van der Waals surface area (Å²) in [5.74, 6) is 0. The molecule has 1 saturated carbocycles. The molecule has 1 fully saturated rings. The molecular formula is C18H23N3O. The van der Waals surface area contributed by atoms with E-state index in [2.05, 4.69) is 17.4 Å². The SMILES string of the molecule is NC1CCCCC1NCc1ccc(-n2ccccc2=O)cc1. The fourth-order valence-electron chi connectivity index (χ4n) is 3.08. The molecule has 0 radical (unpaired) electrons. The molecule has 0 amide bonds. The second kappa shape index (κ2) is 6.90. The molecule has 2 atom stereocenters. The third kappa shape index (κ3) is 3.46. The largest absolute Gasteiger partial charge is 0.326 e. The summed E-state index contributed by atoms with van der Waals surface area (Å²) in [6.07, 6.45) is 6.59. The number of rotatable bonds is 4. The van der Waals surface area contributed by atoms with Crippen molar-refractivity contribution in [3.05, 3.63) is 64.6 Å². The van der Waals surface area contributed by atoms with Gasteiger partial charge in [-0.1, -0.05) is 31.0 Å². The van der Waals surface area contributed by atoms with Crippen molar-refractivity contribution in [1.29, 1.82) is 0 Å². The summed E-state index contributed by atoms with van der Waals surface area (Å²) in [6.45, 7) is 0.822. The van der Waals surface area contributed by atoms with Gasteiger partial charge in [0.25, 0.3) is 5.56 Å². The molecule has 0 aliphatic heterocycles. The number of nitrogens with one attached hydrogen (secondary N) is 1. The number of pyridine rings is 1. The van der Waals surface area contributed by atoms with Gasteiger partial charge in [0.15, 0.2) is 0 Å². The maximum absolute atomic E-state index is 11.8. The predicted octanol–water partition coefficient (Wildman–Crippen LogP) is 2.20. The molecule has 3 rings (SSSR count). The van der Waals surface area contributed by atoms with E-state index < -0.39 is 0 Å². The van der Waals surface area contributed by atoms with Crippen LogP contribution in [0.3, 0.4) is 0 Å². The Labute approximate surface area is 131 Å². The van der Waals surface area contributed by atoms with Crippen molar-refractivity contribution in [2.75, 3.05) is 0 Å². The summed E-state index contributed by atoms with van der Waals surface area (Å²) in [4.78, 5) is 11.8. The highest BCUT2D eigenvalue weighted by atomic mass is 16.1. The van der Waals surface area contributed by atoms with Crippen LogP contribution in [0.2, 0.25) is 0 Å². The average Bonchev–Trinajstić information content (AvgIpc) is 2.55. The summed E-state index contributed by atoms with van der Waals surface area (Å²) in [7, 11) is 0. The average molecular weight is 297 g/mol. The molecular weight excluding hydrogens is 274 g/mol. The molecule has 4 nitrogen and oxygen atoms in total. The number of hydrogen-bond donors (Lipinski definition) is 2. The van der Waals surface area contributed by atoms with Crippen molar-refractivity contribution in [1.82, 2.24) is 9.88 Å². The second-order valence-corrected chi connectivity index (χ2v) is 6.01. The van der Waals surface area contributed by atoms with E-state index in [9.17, 15) is 4.79 Å². The lowest BCUT2D eigenvalue weighted by atomic mass is 9.91. The van der Waals surface area contributed by atoms with Gasteiger partial charge in [0.2, 0.25) is 0 Å². The van der Waals surface area contributed by atoms with Crippen LogP contribution in [0.5, 0.6) is 0 Å². The van der Waals surface area contributed by atoms with Gasteiger partial charge in [-0.2, -0.15) is 0 Å². The van der Waals surface area contributed by atoms with Gasteiger partial charge in [-0.3, -0.25) is 9.36 Å². The van der Waals surface area contributed by atoms with E-state index in [1.165, 1.54) is 24.8 Å². The molecule has 22 heavy (non-hydrogen) atoms. The first-order valence-electron chi connectivity index (χ1n) is 8.00. The zero-order valence-corrected chi connectivity index (χ0v) is 12.7. The zero-order chi connectivity index (χ0) is 15.4. The Morgan fingerprint density at radius 1 is 1.09 bits per heavy atom. The maximum atomic E-state index is 11.8. The summed E-state index contributed by atoms with van der Waals surface area (Å²) in [5, 5.41) is 3.56. The van der Waals surface area contributed by atoms with Gasteiger partial charge in [0.05, 0.1) is 0 Å². The first kappa shape index (κ1) is 15.0. The first-order chi connectivity index (χ1) is 10.7. The Kier molecular flexibility index (Phi) is 4.71. The summed E-state index contributed by atoms with van der Waals surface area (Å²) in [5.41, 5.74) is 8.25. The molecule has 1 aliphatic rings. The number of benzene rings is 1. The van der Waals surface area contributed by atoms with Gasteiger partial charge >= 0.3 is 0 Å². The number of nitrogens with zero attached hydrogens (tertiary/aromatic N) is 1. The van der Waals surface area contributed by atoms with E-state index in [0.717, 1.165) is 18.7 Å². The summed E-state index contributed by atoms with van der Waals surface area (Å²) < 4.78 is 1.65. The lowest BCUT2D eigenvalue weighted by Crippen LogP contribution is -2.46. The monoisotopic (exact) mass is 297 g/mol. The van der Waals surface area contributed by atoms with Crippen LogP contribution in [0.25, 0.3) is 5.69 Å². The minimum absolute atomic E-state index is 0.0124. The van der Waals surface area contributed by atoms with Crippen LogP contribution >= 0.6 is 0 Å². The van der Waals surface area contributed by atoms with E-state index in [1.54, 1.807) is 22.9 Å². The van der Waals surface area contributed by atoms with Crippen LogP contribution in [-0.4, -0.2) is 16.7 Å². The van der Waals surface area contributed by atoms with Crippen molar-refractivity contribution in [3.8, 4) is 5.69 Å². The van der Waals surface area contributed by atoms with Crippen molar-refractivity contribution in [2.45, 2.75) is 44.3 Å². The van der Waals surface area contributed by atoms with E-state index in [1.807, 2.05) is 18.2 Å². The Morgan fingerprint density at radius 2 is 1.86 bits per heavy atom. The van der Waals surface area contributed by atoms with Crippen LogP contribution in [0.4, 0.5) is 0 Å². The van der Waals surface area contributed by atoms with E-state index in [0.29, 0.717) is 6.04 Å². The third-order valence-electron chi connectivity index (χ3n) is 4.42. The molecule has 3 N–H and O–H groups in total. The molecule has 1 heterocycles. The van der Waals surface area contributed by atoms with Gasteiger partial charge < -0.3 is 11.1 Å². The lowest BCUT2D eigenvalue weighted by molar-refractivity contribution is 0.326. The lowest BCUT2D eigenvalue weighted by Gasteiger charge is -2.29. The Hall–Kier alpha value is -1.91. The van der Waals surface area contributed by atoms with Gasteiger partial charge in [0.1, 0.15) is 0 Å². The quantitative estimate of drug-likeness (QED) is 0.909. The van der Waals surface area contributed by atoms with Gasteiger partial charge in [-0.05, 0) is 36.6 Å². The second-order valence-electron chi connectivity index (χ2n) is 6.01. The molecule has 0 bridgehead atoms. The van der Waals surface area contributed by atoms with Crippen molar-refractivity contribution >= 4 is 0 Å². The molecule has 1 aromatic heterocycles. The number of hydrogen-bond acceptors (Lipinski definition) is 3. The Bertz CT molecular complexity index is 663. The van der Waals surface area contributed by atoms with Crippen LogP contribution in [0.15, 0.2) is 53.5 Å². The summed E-state index contributed by atoms with van der Waals surface area (Å²) in [6, 6.07) is 14.0. The fraction of sp³-hybridized carbons (Fsp3) is 0.389. The first-order valence-corrected chi connectivity index (χ1v) is 8.00. The van der Waals surface area contributed by atoms with E-state index in [4.69, 9.17) is 5.73 Å². The third-order valence-corrected chi connectivity index (χ3v) is 4.42. The minimum Gasteiger partial charge on any atom is -0.326 e. The predicted molar refractivity (Wildman–Crippen MR) is 89.1 cm³/mol. The van der Waals surface area contributed by atoms with Crippen molar-refractivity contribution in [2.24, 2.45) is 5.73 Å². The molecule has 0 saturated heterocycles. The van der Waals surface area contributed by atoms with Gasteiger partial charge in [-0.25, -0.2) is 0 Å². The molecule has 2 aromatic rings. The topological polar surface area (TPSA) is 60.0 Å². The van der Waals surface area contributed by atoms with Crippen LogP contribution in [-0.2, 0) is 6.54 Å². The van der Waals surface area contributed by atoms with Crippen molar-refractivity contribution < 1.29 is 0 Å². The highest BCUT2D eigenvalue weighted by molar-refractivity contribution is 5.35. The van der Waals surface area contributed by atoms with Crippen LogP contribution in [0, 0.1) is 0 Å². The van der Waals surface area contributed by atoms with Crippen LogP contribution in [0.1, 0.15) is 31.2 Å². The van der Waals surface area contributed by atoms with E-state index >= 15 is 0 Å². The van der Waals surface area contributed by atoms with Crippen LogP contribution < -0.4 is 16.6 Å². The highest BCUT2D eigenvalue weighted by Gasteiger charge is 2.20. The Balaban J connectivity index is 1.64. The number of nitrogens with two attached hydrogens (primary N) is 1. The van der Waals surface area contributed by atoms with Gasteiger partial charge in [0, 0.05) is 36.6 Å².